The maximum Gasteiger partial charge on any atom is 0.0963 e. The lowest BCUT2D eigenvalue weighted by molar-refractivity contribution is 1.17. The fraction of sp³-hybridized carbons (Fsp3) is 0. The number of nitrogens with zero attached hydrogens (tertiary/aromatic N) is 12. The Morgan fingerprint density at radius 1 is 0.175 bits per heavy atom. The largest absolute Gasteiger partial charge is 0.308 e. The lowest BCUT2D eigenvalue weighted by atomic mass is 9.96. The van der Waals surface area contributed by atoms with Crippen LogP contribution in [-0.4, -0.2) is 58.6 Å². The van der Waals surface area contributed by atoms with Crippen LogP contribution in [0.3, 0.4) is 0 Å². The van der Waals surface area contributed by atoms with Crippen molar-refractivity contribution in [2.24, 2.45) is 0 Å². The molecule has 12 heterocycles. The van der Waals surface area contributed by atoms with E-state index in [4.69, 9.17) is 9.97 Å². The van der Waals surface area contributed by atoms with Crippen molar-refractivity contribution in [2.75, 3.05) is 0 Å². The van der Waals surface area contributed by atoms with E-state index in [0.29, 0.717) is 0 Å². The molecule has 0 aliphatic rings. The highest BCUT2D eigenvalue weighted by molar-refractivity contribution is 9.11. The highest BCUT2D eigenvalue weighted by Gasteiger charge is 2.20. The van der Waals surface area contributed by atoms with E-state index >= 15 is 0 Å². The van der Waals surface area contributed by atoms with E-state index in [1.807, 2.05) is 134 Å². The Bertz CT molecular complexity index is 6240. The number of benzene rings is 9. The Morgan fingerprint density at radius 2 is 0.465 bits per heavy atom. The average Bonchev–Trinajstić information content (AvgIpc) is 1.60. The second kappa shape index (κ2) is 31.1. The molecule has 0 aliphatic carbocycles. The molecule has 0 N–H and O–H groups in total. The van der Waals surface area contributed by atoms with Gasteiger partial charge in [0.25, 0.3) is 0 Å². The van der Waals surface area contributed by atoms with Crippen molar-refractivity contribution in [1.29, 1.82) is 0 Å². The molecule has 0 unspecified atom stereocenters. The van der Waals surface area contributed by atoms with Crippen LogP contribution >= 0.6 is 47.8 Å². The Balaban J connectivity index is 0.000000115. The molecular weight excluding hydrogens is 1600 g/mol. The SMILES string of the molecule is Brc1ccc2c3ncccc3n(-c3ccc(-c4cc(-c5ccccc5)cc(-c5ccccc5)n4)cc3)c2c1.Brc1ccc2c3ncccc3n(-c3ccc(-c4cc(-c5ccccn5)cc(-c5ccccn5)c4)cc3)c2c1.Brc1ccc2c3ncccc3n(-c3ccc(-c4cc(-c5ccccn5)nc(-c5ccccn5)c4)cc3)c2c1. The summed E-state index contributed by atoms with van der Waals surface area (Å²) in [6.07, 6.45) is 12.8. The molecule has 0 saturated carbocycles. The molecule has 0 atom stereocenters. The van der Waals surface area contributed by atoms with E-state index in [-0.39, 0.29) is 0 Å². The summed E-state index contributed by atoms with van der Waals surface area (Å²) in [5.74, 6) is 0. The number of halogens is 3. The Kier molecular flexibility index (Phi) is 19.3. The van der Waals surface area contributed by atoms with Gasteiger partial charge in [0.15, 0.2) is 0 Å². The third-order valence-corrected chi connectivity index (χ3v) is 21.8. The van der Waals surface area contributed by atoms with Gasteiger partial charge in [-0.1, -0.05) is 169 Å². The monoisotopic (exact) mass is 1660 g/mol. The zero-order chi connectivity index (χ0) is 76.4. The molecule has 540 valence electrons. The summed E-state index contributed by atoms with van der Waals surface area (Å²) in [7, 11) is 0. The molecule has 0 bridgehead atoms. The third-order valence-electron chi connectivity index (χ3n) is 20.3. The van der Waals surface area contributed by atoms with Crippen molar-refractivity contribution in [3.05, 3.63) is 397 Å². The van der Waals surface area contributed by atoms with Crippen LogP contribution in [-0.2, 0) is 0 Å². The van der Waals surface area contributed by atoms with Gasteiger partial charge in [-0.3, -0.25) is 34.9 Å². The molecule has 9 aromatic carbocycles. The van der Waals surface area contributed by atoms with E-state index < -0.39 is 0 Å². The van der Waals surface area contributed by atoms with E-state index in [2.05, 4.69) is 333 Å². The summed E-state index contributed by atoms with van der Waals surface area (Å²) >= 11 is 10.9. The van der Waals surface area contributed by atoms with Gasteiger partial charge in [-0.15, -0.1) is 0 Å². The molecule has 15 heteroatoms. The number of aromatic nitrogens is 12. The quantitative estimate of drug-likeness (QED) is 0.117. The number of fused-ring (bicyclic) bond motifs is 9. The topological polar surface area (TPSA) is 131 Å². The van der Waals surface area contributed by atoms with Gasteiger partial charge in [-0.05, 0) is 252 Å². The standard InChI is InChI=1S/C34H22BrN3.C33H21BrN4.C32H20BrN5/c35-27-15-18-29-33(22-27)38(32-12-7-19-36-34(29)32)28-16-13-25(14-17-28)31-21-26(23-8-3-1-4-9-23)20-30(37-31)24-10-5-2-6-11-24;34-26-11-14-28-32(21-26)38(31-8-5-17-37-33(28)31)27-12-9-22(10-13-27)23-18-24(29-6-1-3-15-35-29)20-25(19-23)30-7-2-4-16-36-30;33-23-11-14-25-31(20-23)38(30-8-5-17-36-32(25)30)24-12-9-21(10-13-24)22-18-28(26-6-1-3-15-34-26)37-29(19-22)27-7-2-4-16-35-27/h1-22H;1-21H;1-20H. The normalized spacial score (nSPS) is 11.3. The molecule has 0 fully saturated rings. The molecule has 0 amide bonds. The Morgan fingerprint density at radius 3 is 0.833 bits per heavy atom. The van der Waals surface area contributed by atoms with Crippen molar-refractivity contribution < 1.29 is 0 Å². The molecule has 21 aromatic rings. The second-order valence-electron chi connectivity index (χ2n) is 27.4. The molecule has 0 saturated heterocycles. The predicted molar refractivity (Wildman–Crippen MR) is 475 cm³/mol. The average molecular weight is 1660 g/mol. The van der Waals surface area contributed by atoms with Crippen molar-refractivity contribution >= 4 is 114 Å². The molecule has 12 nitrogen and oxygen atoms in total. The number of hydrogen-bond donors (Lipinski definition) is 0. The third kappa shape index (κ3) is 14.1. The van der Waals surface area contributed by atoms with Gasteiger partial charge in [0.2, 0.25) is 0 Å². The van der Waals surface area contributed by atoms with Gasteiger partial charge < -0.3 is 13.7 Å². The van der Waals surface area contributed by atoms with Crippen LogP contribution in [0.1, 0.15) is 0 Å². The van der Waals surface area contributed by atoms with Gasteiger partial charge in [0, 0.05) is 112 Å². The first-order chi connectivity index (χ1) is 56.2. The van der Waals surface area contributed by atoms with Crippen LogP contribution in [0, 0.1) is 0 Å². The van der Waals surface area contributed by atoms with Crippen LogP contribution in [0.15, 0.2) is 397 Å². The number of hydrogen-bond acceptors (Lipinski definition) is 9. The maximum atomic E-state index is 5.08. The fourth-order valence-corrected chi connectivity index (χ4v) is 16.1. The molecule has 12 aromatic heterocycles. The van der Waals surface area contributed by atoms with Gasteiger partial charge in [-0.2, -0.15) is 0 Å². The summed E-state index contributed by atoms with van der Waals surface area (Å²) in [6.45, 7) is 0. The molecule has 0 radical (unpaired) electrons. The highest BCUT2D eigenvalue weighted by atomic mass is 79.9. The minimum absolute atomic E-state index is 0.811. The van der Waals surface area contributed by atoms with Crippen LogP contribution in [0.25, 0.3) is 184 Å². The maximum absolute atomic E-state index is 5.08. The summed E-state index contributed by atoms with van der Waals surface area (Å²) in [6, 6.07) is 117. The van der Waals surface area contributed by atoms with Crippen LogP contribution in [0.4, 0.5) is 0 Å². The van der Waals surface area contributed by atoms with Gasteiger partial charge >= 0.3 is 0 Å². The molecule has 114 heavy (non-hydrogen) atoms. The summed E-state index contributed by atoms with van der Waals surface area (Å²) < 4.78 is 9.93. The van der Waals surface area contributed by atoms with Gasteiger partial charge in [-0.25, -0.2) is 9.97 Å². The number of pyridine rings is 9. The smallest absolute Gasteiger partial charge is 0.0963 e. The van der Waals surface area contributed by atoms with E-state index in [0.717, 1.165) is 192 Å². The first kappa shape index (κ1) is 70.5. The van der Waals surface area contributed by atoms with Crippen LogP contribution in [0.2, 0.25) is 0 Å². The van der Waals surface area contributed by atoms with Crippen molar-refractivity contribution in [3.8, 4) is 118 Å². The molecular formula is C99H63Br3N12. The van der Waals surface area contributed by atoms with Crippen molar-refractivity contribution in [2.45, 2.75) is 0 Å². The van der Waals surface area contributed by atoms with Gasteiger partial charge in [0.05, 0.1) is 95.2 Å². The zero-order valence-electron chi connectivity index (χ0n) is 60.9. The van der Waals surface area contributed by atoms with Crippen LogP contribution < -0.4 is 0 Å². The molecule has 0 aliphatic heterocycles. The van der Waals surface area contributed by atoms with Gasteiger partial charge in [0.1, 0.15) is 0 Å². The highest BCUT2D eigenvalue weighted by Crippen LogP contribution is 2.40. The minimum Gasteiger partial charge on any atom is -0.308 e. The van der Waals surface area contributed by atoms with Crippen LogP contribution in [0.5, 0.6) is 0 Å². The second-order valence-corrected chi connectivity index (χ2v) is 30.1. The number of rotatable bonds is 12. The first-order valence-corrected chi connectivity index (χ1v) is 39.5. The van der Waals surface area contributed by atoms with E-state index in [1.165, 1.54) is 5.56 Å². The Labute approximate surface area is 681 Å². The minimum atomic E-state index is 0.811. The molecule has 21 rings (SSSR count). The molecule has 0 spiro atoms. The zero-order valence-corrected chi connectivity index (χ0v) is 65.6. The van der Waals surface area contributed by atoms with Crippen molar-refractivity contribution in [1.82, 2.24) is 58.6 Å². The van der Waals surface area contributed by atoms with E-state index in [1.54, 1.807) is 12.4 Å². The summed E-state index contributed by atoms with van der Waals surface area (Å²) in [5, 5.41) is 3.40. The van der Waals surface area contributed by atoms with Crippen molar-refractivity contribution in [3.63, 3.8) is 0 Å². The van der Waals surface area contributed by atoms with E-state index in [9.17, 15) is 0 Å². The lowest BCUT2D eigenvalue weighted by Gasteiger charge is -2.12. The summed E-state index contributed by atoms with van der Waals surface area (Å²) in [5.41, 5.74) is 30.9. The Hall–Kier alpha value is -13.8. The fourth-order valence-electron chi connectivity index (χ4n) is 15.0. The lowest BCUT2D eigenvalue weighted by Crippen LogP contribution is -1.95. The first-order valence-electron chi connectivity index (χ1n) is 37.2. The predicted octanol–water partition coefficient (Wildman–Crippen LogP) is 26.2. The summed E-state index contributed by atoms with van der Waals surface area (Å²) in [4.78, 5) is 42.3.